The minimum absolute atomic E-state index is 0.0114. The molecule has 2 aromatic carbocycles. The van der Waals surface area contributed by atoms with Gasteiger partial charge in [-0.3, -0.25) is 0 Å². The van der Waals surface area contributed by atoms with E-state index in [4.69, 9.17) is 17.8 Å². The molecule has 0 aliphatic heterocycles. The first-order valence-corrected chi connectivity index (χ1v) is 14.8. The van der Waals surface area contributed by atoms with Gasteiger partial charge in [0.15, 0.2) is 5.79 Å². The summed E-state index contributed by atoms with van der Waals surface area (Å²) in [5.74, 6) is -0.496. The summed E-state index contributed by atoms with van der Waals surface area (Å²) in [6.07, 6.45) is 1.96. The summed E-state index contributed by atoms with van der Waals surface area (Å²) >= 11 is 1.53. The summed E-state index contributed by atoms with van der Waals surface area (Å²) in [6, 6.07) is 21.6. The van der Waals surface area contributed by atoms with Gasteiger partial charge >= 0.3 is 0 Å². The molecule has 0 radical (unpaired) electrons. The van der Waals surface area contributed by atoms with Crippen LogP contribution in [-0.2, 0) is 17.8 Å². The van der Waals surface area contributed by atoms with Gasteiger partial charge in [-0.2, -0.15) is 0 Å². The van der Waals surface area contributed by atoms with Crippen LogP contribution < -0.4 is 0 Å². The van der Waals surface area contributed by atoms with Gasteiger partial charge in [-0.1, -0.05) is 46.7 Å². The Morgan fingerprint density at radius 2 is 1.37 bits per heavy atom. The third-order valence-electron chi connectivity index (χ3n) is 7.35. The van der Waals surface area contributed by atoms with Crippen LogP contribution in [0.2, 0.25) is 0 Å². The van der Waals surface area contributed by atoms with Crippen LogP contribution in [0.15, 0.2) is 70.5 Å². The molecule has 0 N–H and O–H groups in total. The number of hydrogen-bond acceptors (Lipinski definition) is 5. The summed E-state index contributed by atoms with van der Waals surface area (Å²) in [4.78, 5) is 2.53. The number of methoxy groups -OCH3 is 2. The lowest BCUT2D eigenvalue weighted by Gasteiger charge is -2.55. The maximum atomic E-state index is 7.41. The van der Waals surface area contributed by atoms with E-state index in [2.05, 4.69) is 102 Å². The van der Waals surface area contributed by atoms with Crippen molar-refractivity contribution in [3.8, 4) is 0 Å². The fourth-order valence-corrected chi connectivity index (χ4v) is 10.0. The summed E-state index contributed by atoms with van der Waals surface area (Å²) in [6.45, 7) is 14.0. The summed E-state index contributed by atoms with van der Waals surface area (Å²) in [5, 5.41) is 0. The Hall–Kier alpha value is -1.02. The predicted molar refractivity (Wildman–Crippen MR) is 147 cm³/mol. The molecule has 194 valence electrons. The lowest BCUT2D eigenvalue weighted by Crippen LogP contribution is -2.61. The topological polar surface area (TPSA) is 36.9 Å². The molecule has 2 aliphatic carbocycles. The van der Waals surface area contributed by atoms with E-state index in [0.717, 1.165) is 12.8 Å². The van der Waals surface area contributed by atoms with Crippen LogP contribution in [0.1, 0.15) is 54.4 Å². The number of hydrogen-bond donors (Lipinski definition) is 0. The van der Waals surface area contributed by atoms with Gasteiger partial charge in [0.1, 0.15) is 0 Å². The molecular weight excluding hydrogens is 476 g/mol. The highest BCUT2D eigenvalue weighted by molar-refractivity contribution is 8.31. The summed E-state index contributed by atoms with van der Waals surface area (Å²) < 4.78 is 25.4. The maximum Gasteiger partial charge on any atom is 0.173 e. The van der Waals surface area contributed by atoms with E-state index >= 15 is 0 Å². The van der Waals surface area contributed by atoms with E-state index < -0.39 is 16.1 Å². The van der Waals surface area contributed by atoms with Gasteiger partial charge in [0, 0.05) is 51.3 Å². The number of ether oxygens (including phenoxy) is 2. The van der Waals surface area contributed by atoms with E-state index in [0.29, 0.717) is 6.61 Å². The monoisotopic (exact) mass is 518 g/mol. The highest BCUT2D eigenvalue weighted by atomic mass is 32.3. The smallest absolute Gasteiger partial charge is 0.173 e. The van der Waals surface area contributed by atoms with Gasteiger partial charge in [-0.15, -0.1) is 0 Å². The van der Waals surface area contributed by atoms with Gasteiger partial charge in [-0.25, -0.2) is 0 Å². The molecule has 0 amide bonds. The molecule has 2 saturated carbocycles. The predicted octanol–water partition coefficient (Wildman–Crippen LogP) is 7.87. The van der Waals surface area contributed by atoms with E-state index in [1.54, 1.807) is 14.2 Å². The molecule has 2 unspecified atom stereocenters. The van der Waals surface area contributed by atoms with Gasteiger partial charge in [0.05, 0.1) is 12.7 Å². The van der Waals surface area contributed by atoms with Crippen molar-refractivity contribution in [1.82, 2.24) is 0 Å². The molecule has 1 spiro atoms. The molecule has 2 aromatic rings. The van der Waals surface area contributed by atoms with Crippen LogP contribution in [0.3, 0.4) is 0 Å². The Morgan fingerprint density at radius 3 is 1.80 bits per heavy atom. The highest BCUT2D eigenvalue weighted by Crippen LogP contribution is 2.79. The molecule has 6 heteroatoms. The Balaban J connectivity index is 1.68. The van der Waals surface area contributed by atoms with Crippen molar-refractivity contribution in [2.75, 3.05) is 20.8 Å². The zero-order valence-corrected chi connectivity index (χ0v) is 24.1. The second kappa shape index (κ2) is 9.70. The van der Waals surface area contributed by atoms with Crippen LogP contribution in [0.4, 0.5) is 0 Å². The first-order chi connectivity index (χ1) is 16.4. The van der Waals surface area contributed by atoms with Crippen molar-refractivity contribution in [1.29, 1.82) is 0 Å². The van der Waals surface area contributed by atoms with Crippen LogP contribution in [0, 0.1) is 11.3 Å². The molecule has 0 saturated heterocycles. The summed E-state index contributed by atoms with van der Waals surface area (Å²) in [7, 11) is 1.69. The van der Waals surface area contributed by atoms with Crippen LogP contribution in [0.25, 0.3) is 0 Å². The fraction of sp³-hybridized carbons (Fsp3) is 0.586. The van der Waals surface area contributed by atoms with Gasteiger partial charge in [0.2, 0.25) is 0 Å². The second-order valence-electron chi connectivity index (χ2n) is 11.7. The normalized spacial score (nSPS) is 26.4. The maximum absolute atomic E-state index is 7.41. The van der Waals surface area contributed by atoms with E-state index in [1.807, 2.05) is 0 Å². The molecule has 2 aliphatic rings. The molecule has 4 rings (SSSR count). The quantitative estimate of drug-likeness (QED) is 0.249. The van der Waals surface area contributed by atoms with Crippen molar-refractivity contribution in [3.05, 3.63) is 60.7 Å². The number of benzene rings is 2. The largest absolute Gasteiger partial charge is 0.353 e. The van der Waals surface area contributed by atoms with Crippen molar-refractivity contribution in [2.24, 2.45) is 11.3 Å². The summed E-state index contributed by atoms with van der Waals surface area (Å²) in [5.41, 5.74) is 0.0114. The Labute approximate surface area is 218 Å². The minimum Gasteiger partial charge on any atom is -0.353 e. The highest BCUT2D eigenvalue weighted by Gasteiger charge is 2.77. The first-order valence-electron chi connectivity index (χ1n) is 12.5. The molecule has 35 heavy (non-hydrogen) atoms. The molecule has 0 aromatic heterocycles. The SMILES string of the molecule is COC1(OC)CC2(CC2OS(c2ccccc2)(c2ccccc2)C(C)(C)C)[C@H]1COSC(C)(C)C. The molecular formula is C29H42O4S2. The van der Waals surface area contributed by atoms with Crippen molar-refractivity contribution in [2.45, 2.75) is 85.6 Å². The van der Waals surface area contributed by atoms with Crippen molar-refractivity contribution < 1.29 is 17.8 Å². The number of rotatable bonds is 9. The Morgan fingerprint density at radius 1 is 0.857 bits per heavy atom. The standard InChI is InChI=1S/C29H42O4S2/c1-26(2,3)34-32-20-24-28(21-29(24,30-7)31-8)19-25(28)33-35(27(4,5)6,22-15-11-9-12-16-22)23-17-13-10-14-18-23/h9-18,24-25H,19-21H2,1-8H3/t24-,25?,28?/m1/s1. The zero-order valence-electron chi connectivity index (χ0n) is 22.5. The van der Waals surface area contributed by atoms with E-state index in [1.165, 1.54) is 21.8 Å². The second-order valence-corrected chi connectivity index (χ2v) is 16.8. The molecule has 0 heterocycles. The lowest BCUT2D eigenvalue weighted by atomic mass is 9.64. The van der Waals surface area contributed by atoms with Crippen LogP contribution in [0.5, 0.6) is 0 Å². The fourth-order valence-electron chi connectivity index (χ4n) is 5.56. The Bertz CT molecular complexity index is 940. The zero-order chi connectivity index (χ0) is 25.5. The molecule has 0 bridgehead atoms. The van der Waals surface area contributed by atoms with Crippen LogP contribution in [-0.4, -0.2) is 42.2 Å². The van der Waals surface area contributed by atoms with Crippen molar-refractivity contribution in [3.63, 3.8) is 0 Å². The lowest BCUT2D eigenvalue weighted by molar-refractivity contribution is -0.326. The minimum atomic E-state index is -1.80. The Kier molecular flexibility index (Phi) is 7.49. The average Bonchev–Trinajstić information content (AvgIpc) is 3.53. The van der Waals surface area contributed by atoms with Gasteiger partial charge in [-0.05, 0) is 84.3 Å². The molecule has 4 nitrogen and oxygen atoms in total. The molecule has 2 fully saturated rings. The molecule has 3 atom stereocenters. The van der Waals surface area contributed by atoms with E-state index in [9.17, 15) is 0 Å². The third-order valence-corrected chi connectivity index (χ3v) is 12.2. The first kappa shape index (κ1) is 27.0. The van der Waals surface area contributed by atoms with Crippen molar-refractivity contribution >= 4 is 22.4 Å². The average molecular weight is 519 g/mol. The van der Waals surface area contributed by atoms with Gasteiger partial charge in [0.25, 0.3) is 0 Å². The third kappa shape index (κ3) is 4.83. The van der Waals surface area contributed by atoms with E-state index in [-0.39, 0.29) is 26.9 Å². The van der Waals surface area contributed by atoms with Gasteiger partial charge < -0.3 is 17.8 Å². The van der Waals surface area contributed by atoms with Crippen LogP contribution >= 0.6 is 22.4 Å².